The Morgan fingerprint density at radius 2 is 2.13 bits per heavy atom. The molecule has 1 atom stereocenters. The monoisotopic (exact) mass is 342 g/mol. The average molecular weight is 342 g/mol. The van der Waals surface area contributed by atoms with Crippen LogP contribution in [0.2, 0.25) is 0 Å². The van der Waals surface area contributed by atoms with Crippen LogP contribution in [0.3, 0.4) is 0 Å². The maximum absolute atomic E-state index is 11.3. The molecule has 2 aliphatic rings. The number of nitro benzene ring substituents is 1. The van der Waals surface area contributed by atoms with Crippen molar-refractivity contribution in [2.45, 2.75) is 23.4 Å². The lowest BCUT2D eigenvalue weighted by Gasteiger charge is -2.43. The predicted molar refractivity (Wildman–Crippen MR) is 82.7 cm³/mol. The molecule has 0 aromatic heterocycles. The van der Waals surface area contributed by atoms with Crippen molar-refractivity contribution in [3.8, 4) is 0 Å². The zero-order valence-electron chi connectivity index (χ0n) is 12.3. The van der Waals surface area contributed by atoms with E-state index in [0.29, 0.717) is 11.7 Å². The summed E-state index contributed by atoms with van der Waals surface area (Å²) in [4.78, 5) is 12.6. The SMILES string of the molecule is NS(=O)(=O)c1ccc(NC2CN([C@H]3CCOC3)C2)c([N+](=O)[O-])c1. The van der Waals surface area contributed by atoms with Gasteiger partial charge in [0.05, 0.1) is 22.5 Å². The van der Waals surface area contributed by atoms with E-state index in [1.165, 1.54) is 12.1 Å². The Kier molecular flexibility index (Phi) is 4.23. The van der Waals surface area contributed by atoms with E-state index >= 15 is 0 Å². The van der Waals surface area contributed by atoms with E-state index in [1.54, 1.807) is 0 Å². The number of nitrogens with two attached hydrogens (primary N) is 1. The molecule has 0 aliphatic carbocycles. The van der Waals surface area contributed by atoms with Crippen LogP contribution < -0.4 is 10.5 Å². The zero-order chi connectivity index (χ0) is 16.6. The topological polar surface area (TPSA) is 128 Å². The summed E-state index contributed by atoms with van der Waals surface area (Å²) in [6.45, 7) is 3.07. The number of hydrogen-bond donors (Lipinski definition) is 2. The Morgan fingerprint density at radius 3 is 2.70 bits per heavy atom. The standard InChI is InChI=1S/C13H18N4O5S/c14-23(20,21)11-1-2-12(13(5-11)17(18)19)15-9-6-16(7-9)10-3-4-22-8-10/h1-2,5,9-10,15H,3-4,6-8H2,(H2,14,20,21)/t10-/m0/s1. The summed E-state index contributed by atoms with van der Waals surface area (Å²) in [6, 6.07) is 4.16. The minimum absolute atomic E-state index is 0.0923. The fourth-order valence-electron chi connectivity index (χ4n) is 2.89. The van der Waals surface area contributed by atoms with Gasteiger partial charge in [0.2, 0.25) is 10.0 Å². The van der Waals surface area contributed by atoms with Crippen LogP contribution in [0.5, 0.6) is 0 Å². The summed E-state index contributed by atoms with van der Waals surface area (Å²) < 4.78 is 28.0. The summed E-state index contributed by atoms with van der Waals surface area (Å²) in [7, 11) is -3.97. The van der Waals surface area contributed by atoms with Crippen LogP contribution in [-0.4, -0.2) is 56.6 Å². The summed E-state index contributed by atoms with van der Waals surface area (Å²) in [5.74, 6) is 0. The van der Waals surface area contributed by atoms with E-state index in [1.807, 2.05) is 0 Å². The van der Waals surface area contributed by atoms with Crippen LogP contribution in [0.4, 0.5) is 11.4 Å². The summed E-state index contributed by atoms with van der Waals surface area (Å²) in [5.41, 5.74) is 0.00824. The molecule has 0 amide bonds. The molecule has 3 rings (SSSR count). The minimum atomic E-state index is -3.97. The van der Waals surface area contributed by atoms with E-state index in [2.05, 4.69) is 10.2 Å². The number of nitro groups is 1. The van der Waals surface area contributed by atoms with Crippen LogP contribution >= 0.6 is 0 Å². The third-order valence-corrected chi connectivity index (χ3v) is 5.10. The van der Waals surface area contributed by atoms with Crippen molar-refractivity contribution in [3.63, 3.8) is 0 Å². The van der Waals surface area contributed by atoms with Gasteiger partial charge in [-0.05, 0) is 18.6 Å². The molecule has 10 heteroatoms. The lowest BCUT2D eigenvalue weighted by molar-refractivity contribution is -0.384. The maximum Gasteiger partial charge on any atom is 0.293 e. The van der Waals surface area contributed by atoms with E-state index < -0.39 is 14.9 Å². The molecule has 0 radical (unpaired) electrons. The largest absolute Gasteiger partial charge is 0.380 e. The van der Waals surface area contributed by atoms with Gasteiger partial charge in [-0.3, -0.25) is 15.0 Å². The van der Waals surface area contributed by atoms with Crippen molar-refractivity contribution in [1.29, 1.82) is 0 Å². The molecular weight excluding hydrogens is 324 g/mol. The van der Waals surface area contributed by atoms with Crippen molar-refractivity contribution in [3.05, 3.63) is 28.3 Å². The van der Waals surface area contributed by atoms with Crippen molar-refractivity contribution < 1.29 is 18.1 Å². The molecule has 2 saturated heterocycles. The number of anilines is 1. The lowest BCUT2D eigenvalue weighted by Crippen LogP contribution is -2.58. The maximum atomic E-state index is 11.3. The highest BCUT2D eigenvalue weighted by molar-refractivity contribution is 7.89. The first-order chi connectivity index (χ1) is 10.8. The van der Waals surface area contributed by atoms with E-state index in [0.717, 1.165) is 38.8 Å². The summed E-state index contributed by atoms with van der Waals surface area (Å²) in [5, 5.41) is 19.3. The number of hydrogen-bond acceptors (Lipinski definition) is 7. The minimum Gasteiger partial charge on any atom is -0.380 e. The average Bonchev–Trinajstić information content (AvgIpc) is 2.94. The molecule has 2 heterocycles. The van der Waals surface area contributed by atoms with E-state index in [4.69, 9.17) is 9.88 Å². The Labute approximate surface area is 133 Å². The molecule has 126 valence electrons. The van der Waals surface area contributed by atoms with E-state index in [-0.39, 0.29) is 16.6 Å². The number of primary sulfonamides is 1. The number of likely N-dealkylation sites (tertiary alicyclic amines) is 1. The first-order valence-corrected chi connectivity index (χ1v) is 8.79. The molecule has 0 saturated carbocycles. The van der Waals surface area contributed by atoms with Crippen molar-refractivity contribution in [2.24, 2.45) is 5.14 Å². The van der Waals surface area contributed by atoms with Gasteiger partial charge in [-0.2, -0.15) is 0 Å². The van der Waals surface area contributed by atoms with Crippen molar-refractivity contribution in [1.82, 2.24) is 4.90 Å². The van der Waals surface area contributed by atoms with Crippen molar-refractivity contribution in [2.75, 3.05) is 31.6 Å². The highest BCUT2D eigenvalue weighted by atomic mass is 32.2. The smallest absolute Gasteiger partial charge is 0.293 e. The fourth-order valence-corrected chi connectivity index (χ4v) is 3.43. The molecule has 0 spiro atoms. The van der Waals surface area contributed by atoms with Crippen LogP contribution in [-0.2, 0) is 14.8 Å². The van der Waals surface area contributed by atoms with Gasteiger partial charge in [-0.15, -0.1) is 0 Å². The fraction of sp³-hybridized carbons (Fsp3) is 0.538. The number of nitrogens with zero attached hydrogens (tertiary/aromatic N) is 2. The van der Waals surface area contributed by atoms with Gasteiger partial charge in [-0.25, -0.2) is 13.6 Å². The first-order valence-electron chi connectivity index (χ1n) is 7.24. The Morgan fingerprint density at radius 1 is 1.39 bits per heavy atom. The Hall–Kier alpha value is -1.75. The predicted octanol–water partition coefficient (Wildman–Crippen LogP) is 0.127. The highest BCUT2D eigenvalue weighted by Crippen LogP contribution is 2.30. The second kappa shape index (κ2) is 6.04. The second-order valence-electron chi connectivity index (χ2n) is 5.79. The van der Waals surface area contributed by atoms with Gasteiger partial charge in [0.1, 0.15) is 5.69 Å². The van der Waals surface area contributed by atoms with Gasteiger partial charge < -0.3 is 10.1 Å². The number of ether oxygens (including phenoxy) is 1. The van der Waals surface area contributed by atoms with Crippen LogP contribution in [0.15, 0.2) is 23.1 Å². The molecule has 2 aliphatic heterocycles. The zero-order valence-corrected chi connectivity index (χ0v) is 13.2. The summed E-state index contributed by atoms with van der Waals surface area (Å²) >= 11 is 0. The van der Waals surface area contributed by atoms with Crippen LogP contribution in [0.1, 0.15) is 6.42 Å². The van der Waals surface area contributed by atoms with Gasteiger partial charge in [-0.1, -0.05) is 0 Å². The molecule has 9 nitrogen and oxygen atoms in total. The van der Waals surface area contributed by atoms with Gasteiger partial charge in [0.25, 0.3) is 5.69 Å². The number of benzene rings is 1. The van der Waals surface area contributed by atoms with Gasteiger partial charge in [0, 0.05) is 31.8 Å². The normalized spacial score (nSPS) is 22.7. The van der Waals surface area contributed by atoms with Gasteiger partial charge >= 0.3 is 0 Å². The Bertz CT molecular complexity index is 711. The Balaban J connectivity index is 1.69. The molecular formula is C13H18N4O5S. The van der Waals surface area contributed by atoms with Crippen molar-refractivity contribution >= 4 is 21.4 Å². The summed E-state index contributed by atoms with van der Waals surface area (Å²) in [6.07, 6.45) is 1.01. The van der Waals surface area contributed by atoms with Crippen LogP contribution in [0, 0.1) is 10.1 Å². The second-order valence-corrected chi connectivity index (χ2v) is 7.36. The third kappa shape index (κ3) is 3.44. The molecule has 2 fully saturated rings. The molecule has 3 N–H and O–H groups in total. The number of sulfonamides is 1. The first kappa shape index (κ1) is 16.1. The van der Waals surface area contributed by atoms with Gasteiger partial charge in [0.15, 0.2) is 0 Å². The molecule has 0 unspecified atom stereocenters. The quantitative estimate of drug-likeness (QED) is 0.575. The van der Waals surface area contributed by atoms with Crippen LogP contribution in [0.25, 0.3) is 0 Å². The third-order valence-electron chi connectivity index (χ3n) is 4.19. The highest BCUT2D eigenvalue weighted by Gasteiger charge is 2.35. The molecule has 1 aromatic carbocycles. The molecule has 23 heavy (non-hydrogen) atoms. The van der Waals surface area contributed by atoms with E-state index in [9.17, 15) is 18.5 Å². The number of nitrogens with one attached hydrogen (secondary N) is 1. The number of rotatable bonds is 5. The molecule has 0 bridgehead atoms. The molecule has 1 aromatic rings. The lowest BCUT2D eigenvalue weighted by atomic mass is 10.0.